The average Bonchev–Trinajstić information content (AvgIpc) is 3.20. The first-order valence-electron chi connectivity index (χ1n) is 12.9. The minimum atomic E-state index is -0.864. The number of benzene rings is 1. The quantitative estimate of drug-likeness (QED) is 0.355. The number of primary amides is 1. The Balaban J connectivity index is 1.70. The van der Waals surface area contributed by atoms with Gasteiger partial charge in [0, 0.05) is 44.1 Å². The van der Waals surface area contributed by atoms with Crippen molar-refractivity contribution in [2.24, 2.45) is 21.6 Å². The molecule has 39 heavy (non-hydrogen) atoms. The van der Waals surface area contributed by atoms with E-state index in [1.165, 1.54) is 0 Å². The van der Waals surface area contributed by atoms with Gasteiger partial charge >= 0.3 is 0 Å². The highest BCUT2D eigenvalue weighted by molar-refractivity contribution is 6.33. The molecule has 4 N–H and O–H groups in total. The predicted molar refractivity (Wildman–Crippen MR) is 147 cm³/mol. The van der Waals surface area contributed by atoms with E-state index in [4.69, 9.17) is 22.3 Å². The van der Waals surface area contributed by atoms with Gasteiger partial charge in [-0.15, -0.1) is 0 Å². The Kier molecular flexibility index (Phi) is 8.83. The molecule has 2 fully saturated rings. The van der Waals surface area contributed by atoms with Crippen LogP contribution in [0.15, 0.2) is 22.1 Å². The van der Waals surface area contributed by atoms with Crippen molar-refractivity contribution >= 4 is 53.5 Å². The van der Waals surface area contributed by atoms with Crippen LogP contribution in [0, 0.1) is 24.5 Å². The maximum absolute atomic E-state index is 14.7. The second-order valence-corrected chi connectivity index (χ2v) is 10.4. The molecule has 4 rings (SSSR count). The van der Waals surface area contributed by atoms with E-state index in [1.54, 1.807) is 18.7 Å². The van der Waals surface area contributed by atoms with Crippen molar-refractivity contribution in [3.8, 4) is 0 Å². The van der Waals surface area contributed by atoms with E-state index in [0.717, 1.165) is 25.0 Å². The van der Waals surface area contributed by atoms with Crippen LogP contribution >= 0.6 is 11.6 Å². The number of guanidine groups is 1. The van der Waals surface area contributed by atoms with E-state index in [-0.39, 0.29) is 52.4 Å². The highest BCUT2D eigenvalue weighted by atomic mass is 35.5. The summed E-state index contributed by atoms with van der Waals surface area (Å²) in [6.45, 7) is 8.20. The molecule has 1 saturated carbocycles. The molecule has 2 heterocycles. The highest BCUT2D eigenvalue weighted by Gasteiger charge is 2.30. The van der Waals surface area contributed by atoms with Crippen LogP contribution in [-0.2, 0) is 9.59 Å². The first-order valence-corrected chi connectivity index (χ1v) is 13.3. The van der Waals surface area contributed by atoms with Crippen molar-refractivity contribution in [1.82, 2.24) is 19.8 Å². The number of anilines is 2. The van der Waals surface area contributed by atoms with E-state index in [1.807, 2.05) is 4.57 Å². The number of halogens is 3. The predicted octanol–water partition coefficient (Wildman–Crippen LogP) is 4.37. The van der Waals surface area contributed by atoms with Gasteiger partial charge in [0.2, 0.25) is 23.7 Å². The van der Waals surface area contributed by atoms with E-state index in [9.17, 15) is 18.4 Å². The Hall–Kier alpha value is -3.54. The summed E-state index contributed by atoms with van der Waals surface area (Å²) in [6.07, 6.45) is 4.07. The number of carbonyl (C=O) groups is 2. The van der Waals surface area contributed by atoms with Crippen molar-refractivity contribution in [3.63, 3.8) is 0 Å². The average molecular weight is 563 g/mol. The van der Waals surface area contributed by atoms with Gasteiger partial charge in [0.15, 0.2) is 11.6 Å². The third-order valence-electron chi connectivity index (χ3n) is 7.32. The molecular weight excluding hydrogens is 530 g/mol. The van der Waals surface area contributed by atoms with Crippen LogP contribution in [0.1, 0.15) is 57.2 Å². The summed E-state index contributed by atoms with van der Waals surface area (Å²) >= 11 is 6.15. The minimum Gasteiger partial charge on any atom is -0.369 e. The molecule has 10 nitrogen and oxygen atoms in total. The summed E-state index contributed by atoms with van der Waals surface area (Å²) in [5.41, 5.74) is 5.95. The Bertz CT molecular complexity index is 1270. The molecule has 1 aromatic heterocycles. The summed E-state index contributed by atoms with van der Waals surface area (Å²) in [5.74, 6) is -1.21. The van der Waals surface area contributed by atoms with E-state index >= 15 is 0 Å². The zero-order chi connectivity index (χ0) is 28.3. The van der Waals surface area contributed by atoms with Crippen LogP contribution in [0.4, 0.5) is 26.2 Å². The van der Waals surface area contributed by atoms with Crippen molar-refractivity contribution in [1.29, 1.82) is 0 Å². The van der Waals surface area contributed by atoms with E-state index < -0.39 is 11.6 Å². The van der Waals surface area contributed by atoms with E-state index in [2.05, 4.69) is 27.3 Å². The lowest BCUT2D eigenvalue weighted by Gasteiger charge is -2.32. The number of likely N-dealkylation sites (tertiary alicyclic amines) is 1. The van der Waals surface area contributed by atoms with Crippen LogP contribution in [0.3, 0.4) is 0 Å². The number of piperidine rings is 1. The number of aryl methyl sites for hydroxylation is 1. The summed E-state index contributed by atoms with van der Waals surface area (Å²) in [7, 11) is 0. The van der Waals surface area contributed by atoms with Crippen LogP contribution in [0.5, 0.6) is 0 Å². The van der Waals surface area contributed by atoms with Crippen LogP contribution in [0.2, 0.25) is 5.02 Å². The summed E-state index contributed by atoms with van der Waals surface area (Å²) in [4.78, 5) is 38.8. The first-order chi connectivity index (χ1) is 18.6. The molecule has 2 aliphatic rings. The molecule has 2 amide bonds. The number of nitrogens with one attached hydrogen (secondary N) is 2. The molecular formula is C26H33ClF2N8O2. The maximum Gasteiger partial charge on any atom is 0.224 e. The van der Waals surface area contributed by atoms with Gasteiger partial charge in [-0.3, -0.25) is 14.2 Å². The van der Waals surface area contributed by atoms with Crippen molar-refractivity contribution in [2.75, 3.05) is 18.4 Å². The fraction of sp³-hybridized carbons (Fsp3) is 0.500. The van der Waals surface area contributed by atoms with Gasteiger partial charge in [-0.05, 0) is 58.2 Å². The molecule has 1 aliphatic heterocycles. The molecule has 13 heteroatoms. The Labute approximate surface area is 230 Å². The molecule has 1 saturated heterocycles. The van der Waals surface area contributed by atoms with Gasteiger partial charge in [-0.25, -0.2) is 18.8 Å². The van der Waals surface area contributed by atoms with Crippen LogP contribution < -0.4 is 16.4 Å². The number of amides is 2. The zero-order valence-electron chi connectivity index (χ0n) is 22.0. The topological polar surface area (TPSA) is 130 Å². The number of imidazole rings is 1. The largest absolute Gasteiger partial charge is 0.369 e. The van der Waals surface area contributed by atoms with Crippen molar-refractivity contribution < 1.29 is 18.4 Å². The number of hydrogen-bond donors (Lipinski definition) is 3. The number of hydrogen-bond acceptors (Lipinski definition) is 5. The number of nitrogens with zero attached hydrogens (tertiary/aromatic N) is 5. The zero-order valence-corrected chi connectivity index (χ0v) is 22.8. The monoisotopic (exact) mass is 562 g/mol. The number of carbonyl (C=O) groups excluding carboxylic acids is 2. The second kappa shape index (κ2) is 12.1. The number of aromatic nitrogens is 2. The smallest absolute Gasteiger partial charge is 0.224 e. The summed E-state index contributed by atoms with van der Waals surface area (Å²) in [5, 5.41) is 6.07. The van der Waals surface area contributed by atoms with Crippen LogP contribution in [0.25, 0.3) is 0 Å². The molecule has 0 radical (unpaired) electrons. The second-order valence-electron chi connectivity index (χ2n) is 10.0. The number of rotatable bonds is 6. The summed E-state index contributed by atoms with van der Waals surface area (Å²) < 4.78 is 30.2. The molecule has 1 aliphatic carbocycles. The Morgan fingerprint density at radius 3 is 2.54 bits per heavy atom. The number of aliphatic imine (C=N–C) groups is 2. The molecule has 1 aromatic carbocycles. The molecule has 1 atom stereocenters. The van der Waals surface area contributed by atoms with Gasteiger partial charge in [-0.2, -0.15) is 4.99 Å². The Morgan fingerprint density at radius 2 is 1.92 bits per heavy atom. The lowest BCUT2D eigenvalue weighted by Crippen LogP contribution is -2.48. The standard InChI is InChI=1S/C26H33ClF2N8O2/c1-14-24(35-25(31-3)33-18-5-4-10-36(13-18)15(2)38)37(19-8-6-16(7-9-19)23(30)39)26(32-14)34-22-20(27)11-17(28)12-21(22)29/h11-12,16,18-19H,3-10,13H2,1-2H3,(H2,30,39)(H,32,34)(H,33,35)/t16-,18-,19+/m1/s1. The Morgan fingerprint density at radius 1 is 1.21 bits per heavy atom. The van der Waals surface area contributed by atoms with Gasteiger partial charge in [-0.1, -0.05) is 11.6 Å². The fourth-order valence-electron chi connectivity index (χ4n) is 5.28. The maximum atomic E-state index is 14.7. The van der Waals surface area contributed by atoms with Gasteiger partial charge in [0.05, 0.1) is 16.4 Å². The normalized spacial score (nSPS) is 21.9. The third kappa shape index (κ3) is 6.55. The van der Waals surface area contributed by atoms with E-state index in [0.29, 0.717) is 50.3 Å². The fourth-order valence-corrected chi connectivity index (χ4v) is 5.52. The highest BCUT2D eigenvalue weighted by Crippen LogP contribution is 2.40. The van der Waals surface area contributed by atoms with Crippen molar-refractivity contribution in [2.45, 2.75) is 64.5 Å². The first kappa shape index (κ1) is 28.5. The lowest BCUT2D eigenvalue weighted by atomic mass is 9.85. The van der Waals surface area contributed by atoms with Crippen LogP contribution in [-0.4, -0.2) is 58.1 Å². The molecule has 2 aromatic rings. The molecule has 0 spiro atoms. The SMILES string of the molecule is C=N/C(=N\c1c(C)nc(Nc2c(F)cc(F)cc2Cl)n1[C@H]1CC[C@@H](C(N)=O)CC1)N[C@@H]1CCCN(C(C)=O)C1. The third-order valence-corrected chi connectivity index (χ3v) is 7.62. The molecule has 210 valence electrons. The summed E-state index contributed by atoms with van der Waals surface area (Å²) in [6, 6.07) is 1.56. The van der Waals surface area contributed by atoms with Gasteiger partial charge in [0.25, 0.3) is 0 Å². The lowest BCUT2D eigenvalue weighted by molar-refractivity contribution is -0.130. The van der Waals surface area contributed by atoms with Gasteiger partial charge in [0.1, 0.15) is 5.82 Å². The van der Waals surface area contributed by atoms with Gasteiger partial charge < -0.3 is 21.3 Å². The minimum absolute atomic E-state index is 0.00874. The molecule has 0 bridgehead atoms. The molecule has 0 unspecified atom stereocenters. The number of nitrogens with two attached hydrogens (primary N) is 1. The van der Waals surface area contributed by atoms with Crippen molar-refractivity contribution in [3.05, 3.63) is 34.5 Å².